The molecule has 0 saturated carbocycles. The second-order valence-electron chi connectivity index (χ2n) is 5.16. The van der Waals surface area contributed by atoms with Crippen LogP contribution in [0.4, 0.5) is 21.5 Å². The fourth-order valence-electron chi connectivity index (χ4n) is 1.86. The van der Waals surface area contributed by atoms with Crippen LogP contribution in [0.3, 0.4) is 0 Å². The smallest absolute Gasteiger partial charge is 0.149 e. The van der Waals surface area contributed by atoms with Crippen LogP contribution >= 0.6 is 23.2 Å². The maximum absolute atomic E-state index is 14.1. The molecule has 2 rings (SSSR count). The Bertz CT molecular complexity index is 732. The molecule has 23 heavy (non-hydrogen) atoms. The van der Waals surface area contributed by atoms with E-state index in [1.165, 1.54) is 0 Å². The summed E-state index contributed by atoms with van der Waals surface area (Å²) in [5.41, 5.74) is 2.00. The van der Waals surface area contributed by atoms with E-state index >= 15 is 0 Å². The molecule has 0 aliphatic carbocycles. The number of anilines is 2. The topological polar surface area (TPSA) is 27.6 Å². The van der Waals surface area contributed by atoms with Crippen LogP contribution in [0.5, 0.6) is 0 Å². The van der Waals surface area contributed by atoms with Crippen molar-refractivity contribution >= 4 is 46.6 Å². The third-order valence-electron chi connectivity index (χ3n) is 3.39. The Morgan fingerprint density at radius 2 is 1.96 bits per heavy atom. The lowest BCUT2D eigenvalue weighted by molar-refractivity contribution is 0.552. The van der Waals surface area contributed by atoms with Gasteiger partial charge in [0, 0.05) is 13.6 Å². The van der Waals surface area contributed by atoms with Crippen molar-refractivity contribution in [3.8, 4) is 0 Å². The van der Waals surface area contributed by atoms with Gasteiger partial charge in [0.1, 0.15) is 5.82 Å². The lowest BCUT2D eigenvalue weighted by Gasteiger charge is -2.13. The zero-order valence-electron chi connectivity index (χ0n) is 13.2. The van der Waals surface area contributed by atoms with E-state index in [1.807, 2.05) is 18.9 Å². The number of halogens is 3. The predicted molar refractivity (Wildman–Crippen MR) is 97.3 cm³/mol. The van der Waals surface area contributed by atoms with E-state index in [2.05, 4.69) is 10.3 Å². The highest BCUT2D eigenvalue weighted by Crippen LogP contribution is 2.36. The van der Waals surface area contributed by atoms with E-state index in [4.69, 9.17) is 23.2 Å². The Morgan fingerprint density at radius 1 is 1.22 bits per heavy atom. The molecule has 3 nitrogen and oxygen atoms in total. The third-order valence-corrected chi connectivity index (χ3v) is 4.01. The maximum atomic E-state index is 14.1. The van der Waals surface area contributed by atoms with Crippen molar-refractivity contribution in [3.05, 3.63) is 51.8 Å². The van der Waals surface area contributed by atoms with E-state index in [0.29, 0.717) is 32.7 Å². The van der Waals surface area contributed by atoms with Crippen LogP contribution < -0.4 is 5.32 Å². The van der Waals surface area contributed by atoms with E-state index in [0.717, 1.165) is 6.54 Å². The molecular weight excluding hydrogens is 336 g/mol. The summed E-state index contributed by atoms with van der Waals surface area (Å²) in [7, 11) is 1.91. The van der Waals surface area contributed by atoms with Crippen molar-refractivity contribution in [2.45, 2.75) is 13.8 Å². The van der Waals surface area contributed by atoms with Gasteiger partial charge in [0.15, 0.2) is 0 Å². The molecule has 6 heteroatoms. The lowest BCUT2D eigenvalue weighted by Crippen LogP contribution is -2.14. The highest BCUT2D eigenvalue weighted by atomic mass is 35.5. The number of nitrogens with zero attached hydrogens (tertiary/aromatic N) is 2. The first-order valence-electron chi connectivity index (χ1n) is 7.18. The number of aryl methyl sites for hydroxylation is 1. The minimum Gasteiger partial charge on any atom is -0.366 e. The Kier molecular flexibility index (Phi) is 5.85. The highest BCUT2D eigenvalue weighted by molar-refractivity contribution is 6.37. The largest absolute Gasteiger partial charge is 0.366 e. The molecular formula is C17H18Cl2FN3. The standard InChI is InChI=1S/C17H18Cl2FN3/c1-4-23(3)10-21-15-8-13(19)16(9-12(15)18)22-14-7-5-6-11(2)17(14)20/h5-10,22H,4H2,1-3H3/b21-10-. The van der Waals surface area contributed by atoms with Crippen molar-refractivity contribution < 1.29 is 4.39 Å². The van der Waals surface area contributed by atoms with Gasteiger partial charge in [-0.25, -0.2) is 9.38 Å². The summed E-state index contributed by atoms with van der Waals surface area (Å²) in [6.07, 6.45) is 1.69. The summed E-state index contributed by atoms with van der Waals surface area (Å²) in [6, 6.07) is 8.42. The lowest BCUT2D eigenvalue weighted by atomic mass is 10.2. The molecule has 0 spiro atoms. The monoisotopic (exact) mass is 353 g/mol. The first kappa shape index (κ1) is 17.6. The average molecular weight is 354 g/mol. The first-order valence-corrected chi connectivity index (χ1v) is 7.93. The van der Waals surface area contributed by atoms with Gasteiger partial charge in [-0.2, -0.15) is 0 Å². The molecule has 0 saturated heterocycles. The Hall–Kier alpha value is -1.78. The van der Waals surface area contributed by atoms with Gasteiger partial charge in [-0.1, -0.05) is 35.3 Å². The van der Waals surface area contributed by atoms with Crippen LogP contribution in [0.15, 0.2) is 35.3 Å². The summed E-state index contributed by atoms with van der Waals surface area (Å²) in [5.74, 6) is -0.314. The van der Waals surface area contributed by atoms with Gasteiger partial charge in [-0.05, 0) is 37.6 Å². The molecule has 0 bridgehead atoms. The first-order chi connectivity index (χ1) is 10.9. The fourth-order valence-corrected chi connectivity index (χ4v) is 2.28. The number of hydrogen-bond acceptors (Lipinski definition) is 2. The van der Waals surface area contributed by atoms with Gasteiger partial charge in [0.25, 0.3) is 0 Å². The summed E-state index contributed by atoms with van der Waals surface area (Å²) in [6.45, 7) is 4.56. The number of hydrogen-bond donors (Lipinski definition) is 1. The molecule has 0 amide bonds. The van der Waals surface area contributed by atoms with Gasteiger partial charge in [0.05, 0.1) is 33.4 Å². The van der Waals surface area contributed by atoms with Gasteiger partial charge < -0.3 is 10.2 Å². The third kappa shape index (κ3) is 4.36. The maximum Gasteiger partial charge on any atom is 0.149 e. The summed E-state index contributed by atoms with van der Waals surface area (Å²) < 4.78 is 14.1. The zero-order valence-corrected chi connectivity index (χ0v) is 14.7. The number of rotatable bonds is 5. The average Bonchev–Trinajstić information content (AvgIpc) is 2.53. The molecule has 0 atom stereocenters. The van der Waals surface area contributed by atoms with Gasteiger partial charge in [0.2, 0.25) is 0 Å². The number of nitrogens with one attached hydrogen (secondary N) is 1. The van der Waals surface area contributed by atoms with Gasteiger partial charge >= 0.3 is 0 Å². The molecule has 0 radical (unpaired) electrons. The van der Waals surface area contributed by atoms with E-state index < -0.39 is 0 Å². The SMILES string of the molecule is CCN(C)/C=N\c1cc(Cl)c(Nc2cccc(C)c2F)cc1Cl. The number of benzene rings is 2. The van der Waals surface area contributed by atoms with Crippen LogP contribution in [0.2, 0.25) is 10.0 Å². The van der Waals surface area contributed by atoms with Crippen molar-refractivity contribution in [1.82, 2.24) is 4.90 Å². The molecule has 0 heterocycles. The van der Waals surface area contributed by atoms with E-state index in [9.17, 15) is 4.39 Å². The zero-order chi connectivity index (χ0) is 17.0. The second-order valence-corrected chi connectivity index (χ2v) is 5.98. The molecule has 0 fully saturated rings. The Labute approximate surface area is 145 Å². The van der Waals surface area contributed by atoms with Crippen molar-refractivity contribution in [1.29, 1.82) is 0 Å². The van der Waals surface area contributed by atoms with Crippen LogP contribution in [0.25, 0.3) is 0 Å². The quantitative estimate of drug-likeness (QED) is 0.543. The molecule has 2 aromatic carbocycles. The summed E-state index contributed by atoms with van der Waals surface area (Å²) in [4.78, 5) is 6.22. The molecule has 0 unspecified atom stereocenters. The van der Waals surface area contributed by atoms with Crippen molar-refractivity contribution in [2.24, 2.45) is 4.99 Å². The Morgan fingerprint density at radius 3 is 2.65 bits per heavy atom. The number of aliphatic imine (C=N–C) groups is 1. The molecule has 0 aliphatic heterocycles. The van der Waals surface area contributed by atoms with Crippen molar-refractivity contribution in [2.75, 3.05) is 18.9 Å². The summed E-state index contributed by atoms with van der Waals surface area (Å²) in [5, 5.41) is 3.83. The van der Waals surface area contributed by atoms with Crippen LogP contribution in [0.1, 0.15) is 12.5 Å². The molecule has 1 N–H and O–H groups in total. The molecule has 2 aromatic rings. The minimum absolute atomic E-state index is 0.314. The fraction of sp³-hybridized carbons (Fsp3) is 0.235. The van der Waals surface area contributed by atoms with Gasteiger partial charge in [-0.3, -0.25) is 0 Å². The van der Waals surface area contributed by atoms with E-state index in [-0.39, 0.29) is 5.82 Å². The normalized spacial score (nSPS) is 11.0. The molecule has 0 aliphatic rings. The molecule has 0 aromatic heterocycles. The minimum atomic E-state index is -0.314. The van der Waals surface area contributed by atoms with Gasteiger partial charge in [-0.15, -0.1) is 0 Å². The van der Waals surface area contributed by atoms with Crippen LogP contribution in [-0.2, 0) is 0 Å². The van der Waals surface area contributed by atoms with Crippen LogP contribution in [0, 0.1) is 12.7 Å². The molecule has 122 valence electrons. The predicted octanol–water partition coefficient (Wildman–Crippen LogP) is 5.80. The Balaban J connectivity index is 2.30. The highest BCUT2D eigenvalue weighted by Gasteiger charge is 2.10. The van der Waals surface area contributed by atoms with E-state index in [1.54, 1.807) is 43.6 Å². The second kappa shape index (κ2) is 7.66. The van der Waals surface area contributed by atoms with Crippen LogP contribution in [-0.4, -0.2) is 24.8 Å². The summed E-state index contributed by atoms with van der Waals surface area (Å²) >= 11 is 12.5. The van der Waals surface area contributed by atoms with Crippen molar-refractivity contribution in [3.63, 3.8) is 0 Å².